The predicted octanol–water partition coefficient (Wildman–Crippen LogP) is 5.84. The molecule has 3 aromatic heterocycles. The van der Waals surface area contributed by atoms with Gasteiger partial charge in [-0.2, -0.15) is 0 Å². The van der Waals surface area contributed by atoms with Gasteiger partial charge < -0.3 is 34.4 Å². The molecule has 0 saturated carbocycles. The molecule has 3 atom stereocenters. The summed E-state index contributed by atoms with van der Waals surface area (Å²) in [6, 6.07) is 12.0. The summed E-state index contributed by atoms with van der Waals surface area (Å²) in [5.41, 5.74) is 6.04. The van der Waals surface area contributed by atoms with Crippen molar-refractivity contribution < 1.29 is 19.1 Å². The summed E-state index contributed by atoms with van der Waals surface area (Å²) in [5, 5.41) is 4.89. The van der Waals surface area contributed by atoms with Crippen LogP contribution in [0.5, 0.6) is 0 Å². The van der Waals surface area contributed by atoms with Gasteiger partial charge in [0.05, 0.1) is 43.0 Å². The van der Waals surface area contributed by atoms with Gasteiger partial charge in [-0.1, -0.05) is 38.1 Å². The number of likely N-dealkylation sites (tertiary alicyclic amines) is 2. The van der Waals surface area contributed by atoms with Crippen LogP contribution >= 0.6 is 0 Å². The topological polar surface area (TPSA) is 141 Å². The number of aryl methyl sites for hydroxylation is 1. The number of ether oxygens (including phenoxy) is 1. The maximum atomic E-state index is 13.2. The molecule has 12 nitrogen and oxygen atoms in total. The van der Waals surface area contributed by atoms with Crippen LogP contribution in [0.2, 0.25) is 0 Å². The summed E-state index contributed by atoms with van der Waals surface area (Å²) in [6.45, 7) is 6.94. The predicted molar refractivity (Wildman–Crippen MR) is 183 cm³/mol. The molecule has 2 saturated heterocycles. The number of nitrogens with zero attached hydrogens (tertiary/aromatic N) is 5. The third-order valence-electron chi connectivity index (χ3n) is 9.91. The van der Waals surface area contributed by atoms with Crippen LogP contribution in [0.3, 0.4) is 0 Å². The monoisotopic (exact) mass is 650 g/mol. The zero-order valence-electron chi connectivity index (χ0n) is 28.0. The minimum absolute atomic E-state index is 0.0132. The summed E-state index contributed by atoms with van der Waals surface area (Å²) in [7, 11) is 3.36. The van der Waals surface area contributed by atoms with Gasteiger partial charge in [-0.15, -0.1) is 0 Å². The Labute approximate surface area is 278 Å². The number of H-pyrrole nitrogens is 2. The molecule has 250 valence electrons. The van der Waals surface area contributed by atoms with Crippen molar-refractivity contribution >= 4 is 39.7 Å². The summed E-state index contributed by atoms with van der Waals surface area (Å²) in [4.78, 5) is 57.8. The molecule has 0 bridgehead atoms. The van der Waals surface area contributed by atoms with E-state index in [1.54, 1.807) is 11.8 Å². The Kier molecular flexibility index (Phi) is 8.18. The molecule has 0 radical (unpaired) electrons. The minimum atomic E-state index is -0.699. The lowest BCUT2D eigenvalue weighted by Gasteiger charge is -2.26. The lowest BCUT2D eigenvalue weighted by molar-refractivity contribution is -0.135. The fourth-order valence-corrected chi connectivity index (χ4v) is 7.35. The van der Waals surface area contributed by atoms with Crippen LogP contribution in [0.4, 0.5) is 4.79 Å². The quantitative estimate of drug-likeness (QED) is 0.202. The van der Waals surface area contributed by atoms with Crippen molar-refractivity contribution in [3.8, 4) is 22.5 Å². The zero-order valence-corrected chi connectivity index (χ0v) is 28.0. The van der Waals surface area contributed by atoms with Crippen molar-refractivity contribution in [1.29, 1.82) is 0 Å². The first-order valence-corrected chi connectivity index (χ1v) is 16.7. The van der Waals surface area contributed by atoms with E-state index in [2.05, 4.69) is 73.0 Å². The fourth-order valence-electron chi connectivity index (χ4n) is 7.35. The summed E-state index contributed by atoms with van der Waals surface area (Å²) in [5.74, 6) is 1.55. The molecule has 5 heterocycles. The van der Waals surface area contributed by atoms with Crippen molar-refractivity contribution in [1.82, 2.24) is 39.6 Å². The largest absolute Gasteiger partial charge is 0.453 e. The third-order valence-corrected chi connectivity index (χ3v) is 9.91. The number of hydrogen-bond acceptors (Lipinski definition) is 6. The first-order chi connectivity index (χ1) is 23.1. The van der Waals surface area contributed by atoms with Crippen molar-refractivity contribution in [3.05, 3.63) is 60.4 Å². The second-order valence-corrected chi connectivity index (χ2v) is 13.3. The van der Waals surface area contributed by atoms with Crippen molar-refractivity contribution in [3.63, 3.8) is 0 Å². The second-order valence-electron chi connectivity index (χ2n) is 13.3. The molecule has 2 aliphatic rings. The van der Waals surface area contributed by atoms with Gasteiger partial charge in [0, 0.05) is 59.0 Å². The van der Waals surface area contributed by atoms with E-state index in [0.29, 0.717) is 6.54 Å². The van der Waals surface area contributed by atoms with Crippen LogP contribution in [-0.4, -0.2) is 78.5 Å². The number of aromatic nitrogens is 5. The van der Waals surface area contributed by atoms with Gasteiger partial charge in [0.15, 0.2) is 0 Å². The van der Waals surface area contributed by atoms with E-state index in [9.17, 15) is 14.4 Å². The number of methoxy groups -OCH3 is 1. The van der Waals surface area contributed by atoms with Crippen molar-refractivity contribution in [2.75, 3.05) is 20.2 Å². The molecule has 0 unspecified atom stereocenters. The molecule has 2 fully saturated rings. The summed E-state index contributed by atoms with van der Waals surface area (Å²) in [6.07, 6.45) is 6.62. The van der Waals surface area contributed by atoms with Crippen molar-refractivity contribution in [2.45, 2.75) is 64.6 Å². The van der Waals surface area contributed by atoms with Crippen LogP contribution < -0.4 is 5.32 Å². The van der Waals surface area contributed by atoms with E-state index in [4.69, 9.17) is 4.98 Å². The van der Waals surface area contributed by atoms with E-state index in [1.165, 1.54) is 7.11 Å². The van der Waals surface area contributed by atoms with E-state index in [-0.39, 0.29) is 29.8 Å². The standard InChI is InChI=1S/C36H42N8O4/c1-20(2)34(45)43-14-6-8-28(43)32-37-18-26(40-32)22-10-12-24-25-13-11-23(17-31(25)42(4)30(24)16-22)27-19-38-33(41-27)29-9-7-15-44(29)35(46)21(3)39-36(47)48-5/h10-13,16-21,28-29H,6-9,14-15H2,1-5H3,(H,37,40)(H,38,41)(H,39,47)/t21-,28-,29-/m0/s1. The van der Waals surface area contributed by atoms with Gasteiger partial charge in [-0.05, 0) is 44.7 Å². The Morgan fingerprint density at radius 1 is 0.812 bits per heavy atom. The maximum Gasteiger partial charge on any atom is 0.407 e. The number of alkyl carbamates (subject to hydrolysis) is 1. The molecule has 3 N–H and O–H groups in total. The second kappa shape index (κ2) is 12.5. The number of imidazole rings is 2. The first-order valence-electron chi connectivity index (χ1n) is 16.7. The number of rotatable bonds is 7. The zero-order chi connectivity index (χ0) is 33.7. The van der Waals surface area contributed by atoms with E-state index in [1.807, 2.05) is 31.1 Å². The van der Waals surface area contributed by atoms with E-state index in [0.717, 1.165) is 88.2 Å². The molecule has 0 spiro atoms. The van der Waals surface area contributed by atoms with Crippen molar-refractivity contribution in [2.24, 2.45) is 13.0 Å². The minimum Gasteiger partial charge on any atom is -0.453 e. The highest BCUT2D eigenvalue weighted by Gasteiger charge is 2.35. The molecule has 2 aliphatic heterocycles. The Morgan fingerprint density at radius 3 is 1.79 bits per heavy atom. The molecule has 7 rings (SSSR count). The maximum absolute atomic E-state index is 13.2. The Morgan fingerprint density at radius 2 is 1.31 bits per heavy atom. The van der Waals surface area contributed by atoms with Crippen LogP contribution in [0.25, 0.3) is 44.3 Å². The number of benzene rings is 2. The lowest BCUT2D eigenvalue weighted by atomic mass is 10.1. The molecule has 0 aliphatic carbocycles. The molecule has 48 heavy (non-hydrogen) atoms. The van der Waals surface area contributed by atoms with Crippen LogP contribution in [0, 0.1) is 5.92 Å². The average molecular weight is 651 g/mol. The average Bonchev–Trinajstić information content (AvgIpc) is 3.93. The molecule has 2 aromatic carbocycles. The highest BCUT2D eigenvalue weighted by atomic mass is 16.5. The molecular formula is C36H42N8O4. The number of fused-ring (bicyclic) bond motifs is 3. The molecule has 5 aromatic rings. The van der Waals surface area contributed by atoms with Crippen LogP contribution in [0.1, 0.15) is 70.2 Å². The summed E-state index contributed by atoms with van der Waals surface area (Å²) >= 11 is 0. The SMILES string of the molecule is COC(=O)N[C@@H](C)C(=O)N1CCC[C@H]1c1ncc(-c2ccc3c4ccc(-c5cnc([C@@H]6CCCN6C(=O)C(C)C)[nH]5)cc4n(C)c3c2)[nH]1. The van der Waals surface area contributed by atoms with Gasteiger partial charge >= 0.3 is 6.09 Å². The van der Waals surface area contributed by atoms with Crippen LogP contribution in [-0.2, 0) is 21.4 Å². The van der Waals surface area contributed by atoms with Gasteiger partial charge in [0.25, 0.3) is 0 Å². The number of hydrogen-bond donors (Lipinski definition) is 3. The highest BCUT2D eigenvalue weighted by molar-refractivity contribution is 6.09. The van der Waals surface area contributed by atoms with Gasteiger partial charge in [-0.25, -0.2) is 14.8 Å². The normalized spacial score (nSPS) is 18.7. The number of nitrogens with one attached hydrogen (secondary N) is 3. The fraction of sp³-hybridized carbons (Fsp3) is 0.417. The lowest BCUT2D eigenvalue weighted by Crippen LogP contribution is -2.46. The van der Waals surface area contributed by atoms with Crippen LogP contribution in [0.15, 0.2) is 48.8 Å². The van der Waals surface area contributed by atoms with Gasteiger partial charge in [0.1, 0.15) is 17.7 Å². The number of carbonyl (C=O) groups is 3. The highest BCUT2D eigenvalue weighted by Crippen LogP contribution is 2.37. The van der Waals surface area contributed by atoms with E-state index < -0.39 is 12.1 Å². The first kappa shape index (κ1) is 31.5. The third kappa shape index (κ3) is 5.48. The molecular weight excluding hydrogens is 608 g/mol. The van der Waals surface area contributed by atoms with E-state index >= 15 is 0 Å². The Bertz CT molecular complexity index is 2020. The molecule has 12 heteroatoms. The van der Waals surface area contributed by atoms with Gasteiger partial charge in [-0.3, -0.25) is 9.59 Å². The number of aromatic amines is 2. The summed E-state index contributed by atoms with van der Waals surface area (Å²) < 4.78 is 6.87. The number of amides is 3. The molecule has 3 amide bonds. The van der Waals surface area contributed by atoms with Gasteiger partial charge in [0.2, 0.25) is 11.8 Å². The Hall–Kier alpha value is -5.13. The smallest absolute Gasteiger partial charge is 0.407 e. The number of carbonyl (C=O) groups excluding carboxylic acids is 3. The Balaban J connectivity index is 1.14.